The van der Waals surface area contributed by atoms with Gasteiger partial charge in [-0.15, -0.1) is 11.3 Å². The Hall–Kier alpha value is -0.940. The first kappa shape index (κ1) is 13.5. The summed E-state index contributed by atoms with van der Waals surface area (Å²) in [4.78, 5) is 14.6. The van der Waals surface area contributed by atoms with Gasteiger partial charge in [0.2, 0.25) is 0 Å². The van der Waals surface area contributed by atoms with Gasteiger partial charge in [0, 0.05) is 4.88 Å². The summed E-state index contributed by atoms with van der Waals surface area (Å²) in [7, 11) is 0. The van der Waals surface area contributed by atoms with E-state index in [4.69, 9.17) is 18.0 Å². The fourth-order valence-electron chi connectivity index (χ4n) is 2.21. The largest absolute Gasteiger partial charge is 0.392 e. The van der Waals surface area contributed by atoms with Gasteiger partial charge in [-0.25, -0.2) is 0 Å². The van der Waals surface area contributed by atoms with E-state index in [9.17, 15) is 4.79 Å². The lowest BCUT2D eigenvalue weighted by Gasteiger charge is -2.14. The molecule has 0 aromatic carbocycles. The molecule has 1 aliphatic rings. The highest BCUT2D eigenvalue weighted by Crippen LogP contribution is 2.29. The van der Waals surface area contributed by atoms with Crippen LogP contribution in [0.25, 0.3) is 0 Å². The van der Waals surface area contributed by atoms with Gasteiger partial charge >= 0.3 is 0 Å². The van der Waals surface area contributed by atoms with Gasteiger partial charge in [-0.05, 0) is 43.7 Å². The molecule has 3 nitrogen and oxygen atoms in total. The van der Waals surface area contributed by atoms with Crippen molar-refractivity contribution in [1.29, 1.82) is 0 Å². The zero-order valence-corrected chi connectivity index (χ0v) is 12.1. The number of nitrogens with one attached hydrogen (secondary N) is 1. The summed E-state index contributed by atoms with van der Waals surface area (Å²) in [6, 6.07) is 1.83. The Labute approximate surface area is 117 Å². The summed E-state index contributed by atoms with van der Waals surface area (Å²) in [6.07, 6.45) is 5.41. The molecule has 0 aliphatic heterocycles. The Bertz CT molecular complexity index is 444. The molecule has 1 aliphatic carbocycles. The van der Waals surface area contributed by atoms with Crippen molar-refractivity contribution in [2.75, 3.05) is 0 Å². The molecule has 5 heteroatoms. The van der Waals surface area contributed by atoms with E-state index in [0.29, 0.717) is 4.99 Å². The number of rotatable bonds is 4. The third kappa shape index (κ3) is 2.90. The maximum absolute atomic E-state index is 12.1. The fourth-order valence-corrected chi connectivity index (χ4v) is 3.59. The molecule has 1 aromatic heterocycles. The van der Waals surface area contributed by atoms with Gasteiger partial charge in [0.25, 0.3) is 5.91 Å². The van der Waals surface area contributed by atoms with Gasteiger partial charge in [-0.2, -0.15) is 0 Å². The van der Waals surface area contributed by atoms with Crippen LogP contribution in [-0.2, 0) is 12.8 Å². The Morgan fingerprint density at radius 3 is 2.89 bits per heavy atom. The van der Waals surface area contributed by atoms with E-state index in [-0.39, 0.29) is 11.9 Å². The summed E-state index contributed by atoms with van der Waals surface area (Å²) in [6.45, 7) is 1.96. The van der Waals surface area contributed by atoms with Crippen LogP contribution in [0.3, 0.4) is 0 Å². The minimum Gasteiger partial charge on any atom is -0.392 e. The highest BCUT2D eigenvalue weighted by Gasteiger charge is 2.19. The van der Waals surface area contributed by atoms with Crippen molar-refractivity contribution in [3.8, 4) is 0 Å². The van der Waals surface area contributed by atoms with Gasteiger partial charge < -0.3 is 11.1 Å². The minimum atomic E-state index is -0.202. The lowest BCUT2D eigenvalue weighted by Crippen LogP contribution is -2.42. The zero-order valence-electron chi connectivity index (χ0n) is 10.5. The molecule has 2 rings (SSSR count). The van der Waals surface area contributed by atoms with E-state index in [2.05, 4.69) is 5.32 Å². The Balaban J connectivity index is 2.09. The first-order chi connectivity index (χ1) is 8.61. The third-order valence-electron chi connectivity index (χ3n) is 3.28. The van der Waals surface area contributed by atoms with Crippen molar-refractivity contribution in [1.82, 2.24) is 5.32 Å². The number of carbonyl (C=O) groups excluding carboxylic acids is 1. The molecule has 0 fully saturated rings. The second kappa shape index (κ2) is 5.80. The Kier molecular flexibility index (Phi) is 4.35. The Morgan fingerprint density at radius 2 is 2.28 bits per heavy atom. The SMILES string of the molecule is CCC(NC(=O)c1cc2c(s1)CCCC2)C(N)=S. The minimum absolute atomic E-state index is 0.0472. The number of thiophene rings is 1. The molecular formula is C13H18N2OS2. The normalized spacial score (nSPS) is 15.8. The third-order valence-corrected chi connectivity index (χ3v) is 4.80. The average Bonchev–Trinajstić information content (AvgIpc) is 2.79. The smallest absolute Gasteiger partial charge is 0.261 e. The maximum atomic E-state index is 12.1. The molecule has 1 amide bonds. The lowest BCUT2D eigenvalue weighted by molar-refractivity contribution is 0.0950. The molecule has 1 atom stereocenters. The van der Waals surface area contributed by atoms with Crippen molar-refractivity contribution in [3.63, 3.8) is 0 Å². The van der Waals surface area contributed by atoms with Crippen LogP contribution in [0.4, 0.5) is 0 Å². The summed E-state index contributed by atoms with van der Waals surface area (Å²) in [5, 5.41) is 2.90. The summed E-state index contributed by atoms with van der Waals surface area (Å²) >= 11 is 6.55. The van der Waals surface area contributed by atoms with Gasteiger partial charge in [0.15, 0.2) is 0 Å². The molecule has 1 aromatic rings. The lowest BCUT2D eigenvalue weighted by atomic mass is 9.99. The van der Waals surface area contributed by atoms with Crippen LogP contribution in [0.5, 0.6) is 0 Å². The highest BCUT2D eigenvalue weighted by molar-refractivity contribution is 7.80. The quantitative estimate of drug-likeness (QED) is 0.834. The van der Waals surface area contributed by atoms with Crippen LogP contribution in [0.1, 0.15) is 46.3 Å². The fraction of sp³-hybridized carbons (Fsp3) is 0.538. The van der Waals surface area contributed by atoms with Crippen molar-refractivity contribution in [2.45, 2.75) is 45.1 Å². The molecule has 18 heavy (non-hydrogen) atoms. The maximum Gasteiger partial charge on any atom is 0.261 e. The molecule has 0 spiro atoms. The second-order valence-corrected chi connectivity index (χ2v) is 6.21. The van der Waals surface area contributed by atoms with E-state index in [0.717, 1.165) is 24.1 Å². The van der Waals surface area contributed by atoms with Crippen molar-refractivity contribution in [3.05, 3.63) is 21.4 Å². The predicted molar refractivity (Wildman–Crippen MR) is 79.3 cm³/mol. The summed E-state index contributed by atoms with van der Waals surface area (Å²) in [5.74, 6) is -0.0472. The number of fused-ring (bicyclic) bond motifs is 1. The van der Waals surface area contributed by atoms with Crippen LogP contribution >= 0.6 is 23.6 Å². The van der Waals surface area contributed by atoms with E-state index >= 15 is 0 Å². The number of amides is 1. The molecule has 0 saturated carbocycles. The van der Waals surface area contributed by atoms with Crippen molar-refractivity contribution in [2.24, 2.45) is 5.73 Å². The average molecular weight is 282 g/mol. The summed E-state index contributed by atoms with van der Waals surface area (Å²) < 4.78 is 0. The number of thiocarbonyl (C=S) groups is 1. The van der Waals surface area contributed by atoms with E-state index in [1.165, 1.54) is 23.3 Å². The molecule has 0 radical (unpaired) electrons. The van der Waals surface area contributed by atoms with Gasteiger partial charge in [-0.3, -0.25) is 4.79 Å². The van der Waals surface area contributed by atoms with Crippen LogP contribution in [0.2, 0.25) is 0 Å². The van der Waals surface area contributed by atoms with Crippen LogP contribution in [0.15, 0.2) is 6.07 Å². The van der Waals surface area contributed by atoms with Crippen molar-refractivity contribution >= 4 is 34.5 Å². The number of carbonyl (C=O) groups is 1. The number of hydrogen-bond acceptors (Lipinski definition) is 3. The molecule has 0 bridgehead atoms. The Morgan fingerprint density at radius 1 is 1.56 bits per heavy atom. The zero-order chi connectivity index (χ0) is 13.1. The molecule has 0 saturated heterocycles. The molecular weight excluding hydrogens is 264 g/mol. The first-order valence-corrected chi connectivity index (χ1v) is 7.56. The van der Waals surface area contributed by atoms with Crippen LogP contribution < -0.4 is 11.1 Å². The molecule has 1 unspecified atom stereocenters. The number of hydrogen-bond donors (Lipinski definition) is 2. The molecule has 3 N–H and O–H groups in total. The monoisotopic (exact) mass is 282 g/mol. The van der Waals surface area contributed by atoms with E-state index < -0.39 is 0 Å². The molecule has 1 heterocycles. The van der Waals surface area contributed by atoms with Crippen molar-refractivity contribution < 1.29 is 4.79 Å². The van der Waals surface area contributed by atoms with Crippen LogP contribution in [-0.4, -0.2) is 16.9 Å². The van der Waals surface area contributed by atoms with E-state index in [1.807, 2.05) is 13.0 Å². The summed E-state index contributed by atoms with van der Waals surface area (Å²) in [5.41, 5.74) is 6.94. The predicted octanol–water partition coefficient (Wildman–Crippen LogP) is 2.42. The van der Waals surface area contributed by atoms with Crippen LogP contribution in [0, 0.1) is 0 Å². The van der Waals surface area contributed by atoms with Gasteiger partial charge in [-0.1, -0.05) is 19.1 Å². The highest BCUT2D eigenvalue weighted by atomic mass is 32.1. The second-order valence-electron chi connectivity index (χ2n) is 4.60. The first-order valence-electron chi connectivity index (χ1n) is 6.33. The topological polar surface area (TPSA) is 55.1 Å². The number of aryl methyl sites for hydroxylation is 2. The molecule has 98 valence electrons. The standard InChI is InChI=1S/C13H18N2OS2/c1-2-9(12(14)17)15-13(16)11-7-8-5-3-4-6-10(8)18-11/h7,9H,2-6H2,1H3,(H2,14,17)(H,15,16). The number of nitrogens with two attached hydrogens (primary N) is 1. The van der Waals surface area contributed by atoms with Gasteiger partial charge in [0.05, 0.1) is 15.9 Å². The van der Waals surface area contributed by atoms with Gasteiger partial charge in [0.1, 0.15) is 0 Å². The van der Waals surface area contributed by atoms with E-state index in [1.54, 1.807) is 11.3 Å².